The van der Waals surface area contributed by atoms with Crippen molar-refractivity contribution in [3.63, 3.8) is 0 Å². The summed E-state index contributed by atoms with van der Waals surface area (Å²) in [5, 5.41) is 0. The molecule has 0 heterocycles. The molecule has 0 saturated carbocycles. The minimum Gasteiger partial charge on any atom is -0.462 e. The summed E-state index contributed by atoms with van der Waals surface area (Å²) in [6.07, 6.45) is 7.54. The summed E-state index contributed by atoms with van der Waals surface area (Å²) in [6, 6.07) is 0. The van der Waals surface area contributed by atoms with Crippen molar-refractivity contribution in [3.05, 3.63) is 12.2 Å². The Morgan fingerprint density at radius 2 is 1.63 bits per heavy atom. The van der Waals surface area contributed by atoms with Crippen molar-refractivity contribution in [1.29, 1.82) is 0 Å². The van der Waals surface area contributed by atoms with E-state index in [9.17, 15) is 4.79 Å². The lowest BCUT2D eigenvalue weighted by Gasteiger charge is -2.29. The first-order chi connectivity index (χ1) is 8.89. The van der Waals surface area contributed by atoms with Crippen molar-refractivity contribution in [2.45, 2.75) is 52.4 Å². The van der Waals surface area contributed by atoms with Crippen LogP contribution in [0, 0.1) is 0 Å². The smallest absolute Gasteiger partial charge is 0.333 e. The largest absolute Gasteiger partial charge is 0.462 e. The standard InChI is InChI=1S/C16H32NO2/c1-6-7-8-9-10-12-17(4,5)13-11-14-19-16(18)15(2)3/h2,6-14H2,1,3-5H3/q+1. The predicted octanol–water partition coefficient (Wildman–Crippen LogP) is 3.54. The van der Waals surface area contributed by atoms with Crippen LogP contribution >= 0.6 is 0 Å². The van der Waals surface area contributed by atoms with E-state index >= 15 is 0 Å². The van der Waals surface area contributed by atoms with Gasteiger partial charge < -0.3 is 9.22 Å². The second-order valence-electron chi connectivity index (χ2n) is 6.07. The van der Waals surface area contributed by atoms with Crippen LogP contribution in [-0.4, -0.2) is 44.2 Å². The Labute approximate surface area is 119 Å². The van der Waals surface area contributed by atoms with Gasteiger partial charge in [0.15, 0.2) is 0 Å². The van der Waals surface area contributed by atoms with E-state index in [0.717, 1.165) is 17.4 Å². The molecule has 0 aliphatic heterocycles. The Hall–Kier alpha value is -0.830. The summed E-state index contributed by atoms with van der Waals surface area (Å²) in [6.45, 7) is 10.3. The van der Waals surface area contributed by atoms with Gasteiger partial charge in [-0.3, -0.25) is 0 Å². The number of carbonyl (C=O) groups is 1. The summed E-state index contributed by atoms with van der Waals surface area (Å²) < 4.78 is 6.12. The van der Waals surface area contributed by atoms with Crippen LogP contribution < -0.4 is 0 Å². The normalized spacial score (nSPS) is 11.4. The number of esters is 1. The molecule has 0 aromatic heterocycles. The van der Waals surface area contributed by atoms with Gasteiger partial charge in [0.1, 0.15) is 0 Å². The van der Waals surface area contributed by atoms with Crippen LogP contribution in [0.2, 0.25) is 0 Å². The molecular formula is C16H32NO2+. The van der Waals surface area contributed by atoms with Gasteiger partial charge in [-0.15, -0.1) is 0 Å². The van der Waals surface area contributed by atoms with Crippen LogP contribution in [0.15, 0.2) is 12.2 Å². The SMILES string of the molecule is C=C(C)C(=O)OCCC[N+](C)(C)CCCCCCC. The number of hydrogen-bond donors (Lipinski definition) is 0. The fourth-order valence-corrected chi connectivity index (χ4v) is 2.04. The maximum atomic E-state index is 11.2. The third kappa shape index (κ3) is 10.8. The fraction of sp³-hybridized carbons (Fsp3) is 0.812. The Bertz CT molecular complexity index is 272. The van der Waals surface area contributed by atoms with Gasteiger partial charge in [-0.05, 0) is 19.8 Å². The third-order valence-corrected chi connectivity index (χ3v) is 3.36. The van der Waals surface area contributed by atoms with E-state index in [-0.39, 0.29) is 5.97 Å². The number of hydrogen-bond acceptors (Lipinski definition) is 2. The molecule has 19 heavy (non-hydrogen) atoms. The average molecular weight is 270 g/mol. The minimum atomic E-state index is -0.273. The zero-order valence-electron chi connectivity index (χ0n) is 13.3. The lowest BCUT2D eigenvalue weighted by Crippen LogP contribution is -2.41. The molecule has 0 unspecified atom stereocenters. The molecule has 0 fully saturated rings. The maximum absolute atomic E-state index is 11.2. The number of unbranched alkanes of at least 4 members (excludes halogenated alkanes) is 4. The van der Waals surface area contributed by atoms with E-state index in [1.807, 2.05) is 0 Å². The molecule has 3 heteroatoms. The molecule has 0 amide bonds. The van der Waals surface area contributed by atoms with Crippen LogP contribution in [0.25, 0.3) is 0 Å². The van der Waals surface area contributed by atoms with Crippen LogP contribution in [0.1, 0.15) is 52.4 Å². The molecule has 0 N–H and O–H groups in total. The second kappa shape index (κ2) is 10.0. The van der Waals surface area contributed by atoms with Crippen LogP contribution in [-0.2, 0) is 9.53 Å². The van der Waals surface area contributed by atoms with E-state index in [1.165, 1.54) is 38.6 Å². The van der Waals surface area contributed by atoms with Gasteiger partial charge >= 0.3 is 5.97 Å². The van der Waals surface area contributed by atoms with Gasteiger partial charge in [-0.25, -0.2) is 4.79 Å². The molecule has 0 aromatic carbocycles. The van der Waals surface area contributed by atoms with E-state index < -0.39 is 0 Å². The number of carbonyl (C=O) groups excluding carboxylic acids is 1. The van der Waals surface area contributed by atoms with Crippen molar-refractivity contribution in [3.8, 4) is 0 Å². The lowest BCUT2D eigenvalue weighted by atomic mass is 10.1. The number of rotatable bonds is 11. The maximum Gasteiger partial charge on any atom is 0.333 e. The van der Waals surface area contributed by atoms with Gasteiger partial charge in [0.05, 0.1) is 33.8 Å². The van der Waals surface area contributed by atoms with Crippen molar-refractivity contribution in [1.82, 2.24) is 0 Å². The Kier molecular flexibility index (Phi) is 9.58. The van der Waals surface area contributed by atoms with Crippen LogP contribution in [0.4, 0.5) is 0 Å². The molecule has 0 spiro atoms. The van der Waals surface area contributed by atoms with E-state index in [0.29, 0.717) is 12.2 Å². The Morgan fingerprint density at radius 3 is 2.21 bits per heavy atom. The van der Waals surface area contributed by atoms with E-state index in [1.54, 1.807) is 6.92 Å². The third-order valence-electron chi connectivity index (χ3n) is 3.36. The zero-order chi connectivity index (χ0) is 14.7. The molecule has 0 radical (unpaired) electrons. The molecule has 0 atom stereocenters. The highest BCUT2D eigenvalue weighted by Crippen LogP contribution is 2.08. The summed E-state index contributed by atoms with van der Waals surface area (Å²) in [5.74, 6) is -0.273. The first-order valence-electron chi connectivity index (χ1n) is 7.53. The summed E-state index contributed by atoms with van der Waals surface area (Å²) in [7, 11) is 4.50. The van der Waals surface area contributed by atoms with Gasteiger partial charge in [0.2, 0.25) is 0 Å². The Balaban J connectivity index is 3.61. The predicted molar refractivity (Wildman–Crippen MR) is 81.0 cm³/mol. The summed E-state index contributed by atoms with van der Waals surface area (Å²) in [5.41, 5.74) is 0.477. The molecule has 0 saturated heterocycles. The zero-order valence-corrected chi connectivity index (χ0v) is 13.3. The summed E-state index contributed by atoms with van der Waals surface area (Å²) >= 11 is 0. The van der Waals surface area contributed by atoms with Gasteiger partial charge in [0.25, 0.3) is 0 Å². The monoisotopic (exact) mass is 270 g/mol. The molecule has 0 rings (SSSR count). The average Bonchev–Trinajstić information content (AvgIpc) is 2.34. The van der Waals surface area contributed by atoms with E-state index in [2.05, 4.69) is 27.6 Å². The molecule has 3 nitrogen and oxygen atoms in total. The van der Waals surface area contributed by atoms with E-state index in [4.69, 9.17) is 4.74 Å². The number of nitrogens with zero attached hydrogens (tertiary/aromatic N) is 1. The topological polar surface area (TPSA) is 26.3 Å². The van der Waals surface area contributed by atoms with Gasteiger partial charge in [-0.1, -0.05) is 32.8 Å². The molecule has 112 valence electrons. The van der Waals surface area contributed by atoms with Crippen molar-refractivity contribution < 1.29 is 14.0 Å². The van der Waals surface area contributed by atoms with Crippen LogP contribution in [0.3, 0.4) is 0 Å². The highest BCUT2D eigenvalue weighted by atomic mass is 16.5. The quantitative estimate of drug-likeness (QED) is 0.248. The number of ether oxygens (including phenoxy) is 1. The highest BCUT2D eigenvalue weighted by molar-refractivity contribution is 5.86. The minimum absolute atomic E-state index is 0.273. The number of quaternary nitrogens is 1. The van der Waals surface area contributed by atoms with Crippen LogP contribution in [0.5, 0.6) is 0 Å². The molecule has 0 bridgehead atoms. The summed E-state index contributed by atoms with van der Waals surface area (Å²) in [4.78, 5) is 11.2. The van der Waals surface area contributed by atoms with Gasteiger partial charge in [0, 0.05) is 12.0 Å². The van der Waals surface area contributed by atoms with Gasteiger partial charge in [-0.2, -0.15) is 0 Å². The first kappa shape index (κ1) is 18.2. The molecule has 0 aromatic rings. The highest BCUT2D eigenvalue weighted by Gasteiger charge is 2.14. The molecular weight excluding hydrogens is 238 g/mol. The lowest BCUT2D eigenvalue weighted by molar-refractivity contribution is -0.890. The van der Waals surface area contributed by atoms with Crippen molar-refractivity contribution >= 4 is 5.97 Å². The fourth-order valence-electron chi connectivity index (χ4n) is 2.04. The Morgan fingerprint density at radius 1 is 1.05 bits per heavy atom. The molecule has 0 aliphatic carbocycles. The first-order valence-corrected chi connectivity index (χ1v) is 7.53. The second-order valence-corrected chi connectivity index (χ2v) is 6.07. The van der Waals surface area contributed by atoms with Crippen molar-refractivity contribution in [2.75, 3.05) is 33.8 Å². The van der Waals surface area contributed by atoms with Crippen molar-refractivity contribution in [2.24, 2.45) is 0 Å². The molecule has 0 aliphatic rings.